The van der Waals surface area contributed by atoms with Crippen molar-refractivity contribution in [1.82, 2.24) is 0 Å². The zero-order valence-electron chi connectivity index (χ0n) is 9.81. The Hall–Kier alpha value is -1.62. The smallest absolute Gasteiger partial charge is 0.340 e. The minimum atomic E-state index is -0.742. The second-order valence-electron chi connectivity index (χ2n) is 4.14. The molecule has 4 nitrogen and oxygen atoms in total. The molecule has 0 aliphatic carbocycles. The van der Waals surface area contributed by atoms with Gasteiger partial charge in [-0.2, -0.15) is 0 Å². The van der Waals surface area contributed by atoms with Crippen molar-refractivity contribution in [1.29, 1.82) is 0 Å². The molecular formula is C12H16FNO3. The number of rotatable bonds is 4. The van der Waals surface area contributed by atoms with Crippen molar-refractivity contribution in [3.63, 3.8) is 0 Å². The summed E-state index contributed by atoms with van der Waals surface area (Å²) in [6, 6.07) is 3.47. The van der Waals surface area contributed by atoms with Gasteiger partial charge in [0.15, 0.2) is 0 Å². The maximum absolute atomic E-state index is 12.9. The fraction of sp³-hybridized carbons (Fsp3) is 0.417. The van der Waals surface area contributed by atoms with Gasteiger partial charge in [0.05, 0.1) is 11.7 Å². The number of halogens is 1. The molecule has 0 radical (unpaired) electrons. The van der Waals surface area contributed by atoms with E-state index in [0.29, 0.717) is 0 Å². The summed E-state index contributed by atoms with van der Waals surface area (Å²) < 4.78 is 17.8. The van der Waals surface area contributed by atoms with Gasteiger partial charge in [0.2, 0.25) is 0 Å². The van der Waals surface area contributed by atoms with Crippen LogP contribution in [0.4, 0.5) is 10.1 Å². The van der Waals surface area contributed by atoms with E-state index in [9.17, 15) is 14.3 Å². The zero-order chi connectivity index (χ0) is 13.0. The molecule has 94 valence electrons. The minimum absolute atomic E-state index is 0.0207. The molecule has 1 atom stereocenters. The van der Waals surface area contributed by atoms with E-state index in [0.717, 1.165) is 12.1 Å². The molecule has 0 fully saturated rings. The van der Waals surface area contributed by atoms with Gasteiger partial charge in [-0.1, -0.05) is 13.8 Å². The molecule has 1 aromatic carbocycles. The fourth-order valence-corrected chi connectivity index (χ4v) is 1.14. The Morgan fingerprint density at radius 1 is 1.53 bits per heavy atom. The molecule has 0 aliphatic rings. The zero-order valence-corrected chi connectivity index (χ0v) is 9.81. The highest BCUT2D eigenvalue weighted by molar-refractivity contribution is 5.95. The van der Waals surface area contributed by atoms with Crippen LogP contribution in [-0.4, -0.2) is 23.8 Å². The lowest BCUT2D eigenvalue weighted by Crippen LogP contribution is -2.24. The third-order valence-electron chi connectivity index (χ3n) is 2.39. The van der Waals surface area contributed by atoms with E-state index < -0.39 is 17.9 Å². The van der Waals surface area contributed by atoms with Gasteiger partial charge in [-0.05, 0) is 24.1 Å². The van der Waals surface area contributed by atoms with Crippen LogP contribution in [0.25, 0.3) is 0 Å². The largest absolute Gasteiger partial charge is 0.459 e. The number of ether oxygens (including phenoxy) is 1. The second kappa shape index (κ2) is 5.63. The summed E-state index contributed by atoms with van der Waals surface area (Å²) in [7, 11) is 0. The maximum Gasteiger partial charge on any atom is 0.340 e. The number of aliphatic hydroxyl groups is 1. The van der Waals surface area contributed by atoms with Crippen LogP contribution >= 0.6 is 0 Å². The van der Waals surface area contributed by atoms with E-state index in [2.05, 4.69) is 0 Å². The number of hydrogen-bond donors (Lipinski definition) is 2. The molecule has 17 heavy (non-hydrogen) atoms. The van der Waals surface area contributed by atoms with Crippen molar-refractivity contribution in [3.8, 4) is 0 Å². The minimum Gasteiger partial charge on any atom is -0.459 e. The summed E-state index contributed by atoms with van der Waals surface area (Å²) >= 11 is 0. The summed E-state index contributed by atoms with van der Waals surface area (Å²) in [5, 5.41) is 9.46. The first kappa shape index (κ1) is 13.4. The molecule has 0 amide bonds. The third kappa shape index (κ3) is 3.71. The van der Waals surface area contributed by atoms with Crippen molar-refractivity contribution < 1.29 is 19.0 Å². The second-order valence-corrected chi connectivity index (χ2v) is 4.14. The van der Waals surface area contributed by atoms with Crippen molar-refractivity contribution in [2.45, 2.75) is 20.0 Å². The molecule has 0 saturated heterocycles. The van der Waals surface area contributed by atoms with E-state index in [4.69, 9.17) is 10.5 Å². The predicted molar refractivity (Wildman–Crippen MR) is 61.9 cm³/mol. The van der Waals surface area contributed by atoms with Crippen molar-refractivity contribution in [2.75, 3.05) is 12.3 Å². The first-order valence-corrected chi connectivity index (χ1v) is 5.32. The molecule has 0 aliphatic heterocycles. The van der Waals surface area contributed by atoms with Gasteiger partial charge in [-0.25, -0.2) is 9.18 Å². The van der Waals surface area contributed by atoms with Gasteiger partial charge in [-0.15, -0.1) is 0 Å². The highest BCUT2D eigenvalue weighted by atomic mass is 19.1. The van der Waals surface area contributed by atoms with Gasteiger partial charge in [-0.3, -0.25) is 0 Å². The number of carbonyl (C=O) groups excluding carboxylic acids is 1. The van der Waals surface area contributed by atoms with Gasteiger partial charge in [0.25, 0.3) is 0 Å². The van der Waals surface area contributed by atoms with Crippen molar-refractivity contribution in [3.05, 3.63) is 29.6 Å². The first-order chi connectivity index (χ1) is 7.91. The highest BCUT2D eigenvalue weighted by Crippen LogP contribution is 2.15. The molecule has 0 bridgehead atoms. The number of esters is 1. The first-order valence-electron chi connectivity index (χ1n) is 5.32. The Kier molecular flexibility index (Phi) is 4.45. The lowest BCUT2D eigenvalue weighted by atomic mass is 10.1. The van der Waals surface area contributed by atoms with Crippen LogP contribution in [0.3, 0.4) is 0 Å². The van der Waals surface area contributed by atoms with Crippen LogP contribution in [0.1, 0.15) is 24.2 Å². The normalized spacial score (nSPS) is 12.5. The predicted octanol–water partition coefficient (Wildman–Crippen LogP) is 1.58. The summed E-state index contributed by atoms with van der Waals surface area (Å²) in [4.78, 5) is 11.6. The van der Waals surface area contributed by atoms with Crippen LogP contribution in [0.2, 0.25) is 0 Å². The fourth-order valence-electron chi connectivity index (χ4n) is 1.14. The Balaban J connectivity index is 2.67. The highest BCUT2D eigenvalue weighted by Gasteiger charge is 2.16. The van der Waals surface area contributed by atoms with E-state index in [-0.39, 0.29) is 23.8 Å². The molecule has 1 unspecified atom stereocenters. The molecule has 0 heterocycles. The van der Waals surface area contributed by atoms with Crippen LogP contribution in [0.5, 0.6) is 0 Å². The van der Waals surface area contributed by atoms with Crippen LogP contribution in [-0.2, 0) is 4.74 Å². The van der Waals surface area contributed by atoms with Gasteiger partial charge >= 0.3 is 5.97 Å². The Labute approximate surface area is 99.2 Å². The number of benzene rings is 1. The third-order valence-corrected chi connectivity index (χ3v) is 2.39. The Morgan fingerprint density at radius 2 is 2.18 bits per heavy atom. The molecule has 0 saturated carbocycles. The summed E-state index contributed by atoms with van der Waals surface area (Å²) in [5.41, 5.74) is 5.65. The maximum atomic E-state index is 12.9. The lowest BCUT2D eigenvalue weighted by Gasteiger charge is -2.14. The number of nitrogens with two attached hydrogens (primary N) is 1. The van der Waals surface area contributed by atoms with E-state index >= 15 is 0 Å². The molecule has 0 aromatic heterocycles. The SMILES string of the molecule is CC(C)C(O)COC(=O)c1cc(F)ccc1N. The average molecular weight is 241 g/mol. The topological polar surface area (TPSA) is 72.5 Å². The molecule has 5 heteroatoms. The summed E-state index contributed by atoms with van der Waals surface area (Å²) in [5.74, 6) is -1.31. The summed E-state index contributed by atoms with van der Waals surface area (Å²) in [6.45, 7) is 3.47. The molecular weight excluding hydrogens is 225 g/mol. The van der Waals surface area contributed by atoms with E-state index in [1.807, 2.05) is 0 Å². The lowest BCUT2D eigenvalue weighted by molar-refractivity contribution is 0.0137. The van der Waals surface area contributed by atoms with Crippen molar-refractivity contribution in [2.24, 2.45) is 5.92 Å². The van der Waals surface area contributed by atoms with E-state index in [1.165, 1.54) is 6.07 Å². The number of aliphatic hydroxyl groups excluding tert-OH is 1. The average Bonchev–Trinajstić information content (AvgIpc) is 2.28. The summed E-state index contributed by atoms with van der Waals surface area (Å²) in [6.07, 6.45) is -0.742. The number of nitrogen functional groups attached to an aromatic ring is 1. The number of carbonyl (C=O) groups is 1. The number of anilines is 1. The Morgan fingerprint density at radius 3 is 2.76 bits per heavy atom. The Bertz CT molecular complexity index is 407. The monoisotopic (exact) mass is 241 g/mol. The van der Waals surface area contributed by atoms with Crippen LogP contribution < -0.4 is 5.73 Å². The molecule has 3 N–H and O–H groups in total. The standard InChI is InChI=1S/C12H16FNO3/c1-7(2)11(15)6-17-12(16)9-5-8(13)3-4-10(9)14/h3-5,7,11,15H,6,14H2,1-2H3. The quantitative estimate of drug-likeness (QED) is 0.620. The van der Waals surface area contributed by atoms with Crippen LogP contribution in [0, 0.1) is 11.7 Å². The van der Waals surface area contributed by atoms with Crippen LogP contribution in [0.15, 0.2) is 18.2 Å². The van der Waals surface area contributed by atoms with Crippen molar-refractivity contribution >= 4 is 11.7 Å². The van der Waals surface area contributed by atoms with Gasteiger partial charge in [0, 0.05) is 5.69 Å². The molecule has 0 spiro atoms. The van der Waals surface area contributed by atoms with Gasteiger partial charge < -0.3 is 15.6 Å². The van der Waals surface area contributed by atoms with E-state index in [1.54, 1.807) is 13.8 Å². The molecule has 1 aromatic rings. The molecule has 1 rings (SSSR count). The van der Waals surface area contributed by atoms with Gasteiger partial charge in [0.1, 0.15) is 12.4 Å². The number of hydrogen-bond acceptors (Lipinski definition) is 4.